The normalized spacial score (nSPS) is 14.5. The van der Waals surface area contributed by atoms with E-state index in [0.717, 1.165) is 57.7 Å². The molecule has 0 aromatic heterocycles. The molecular formula is C29H30BrNO4. The molecule has 4 rings (SSSR count). The molecular weight excluding hydrogens is 506 g/mol. The van der Waals surface area contributed by atoms with Crippen molar-refractivity contribution in [1.29, 1.82) is 0 Å². The lowest BCUT2D eigenvalue weighted by molar-refractivity contribution is -0.138. The van der Waals surface area contributed by atoms with Crippen LogP contribution < -0.4 is 10.4 Å². The minimum Gasteiger partial charge on any atom is -0.462 e. The average molecular weight is 536 g/mol. The molecule has 0 saturated heterocycles. The Balaban J connectivity index is 1.98. The first-order valence-corrected chi connectivity index (χ1v) is 13.2. The molecule has 0 atom stereocenters. The Morgan fingerprint density at radius 3 is 2.40 bits per heavy atom. The van der Waals surface area contributed by atoms with Gasteiger partial charge in [-0.25, -0.2) is 9.59 Å². The first-order chi connectivity index (χ1) is 17.1. The third-order valence-electron chi connectivity index (χ3n) is 6.12. The molecule has 0 spiro atoms. The summed E-state index contributed by atoms with van der Waals surface area (Å²) in [5, 5.41) is 2.99. The quantitative estimate of drug-likeness (QED) is 0.270. The highest BCUT2D eigenvalue weighted by Gasteiger charge is 2.28. The summed E-state index contributed by atoms with van der Waals surface area (Å²) in [5.74, 6) is -0.628. The molecule has 1 aliphatic carbocycles. The largest absolute Gasteiger partial charge is 0.462 e. The van der Waals surface area contributed by atoms with Gasteiger partial charge in [0.1, 0.15) is 0 Å². The van der Waals surface area contributed by atoms with Gasteiger partial charge in [-0.05, 0) is 67.7 Å². The Kier molecular flexibility index (Phi) is 8.24. The van der Waals surface area contributed by atoms with Crippen LogP contribution in [-0.2, 0) is 14.3 Å². The first kappa shape index (κ1) is 25.0. The molecule has 0 amide bonds. The van der Waals surface area contributed by atoms with Crippen LogP contribution in [0.4, 0.5) is 0 Å². The fraction of sp³-hybridized carbons (Fsp3) is 0.310. The number of hydrogen-bond acceptors (Lipinski definition) is 5. The Labute approximate surface area is 214 Å². The van der Waals surface area contributed by atoms with Gasteiger partial charge in [0, 0.05) is 22.8 Å². The third-order valence-corrected chi connectivity index (χ3v) is 6.68. The van der Waals surface area contributed by atoms with Crippen LogP contribution in [0, 0.1) is 0 Å². The highest BCUT2D eigenvalue weighted by atomic mass is 79.9. The van der Waals surface area contributed by atoms with Crippen molar-refractivity contribution in [3.63, 3.8) is 0 Å². The second-order valence-corrected chi connectivity index (χ2v) is 9.13. The number of carbonyl (C=O) groups excluding carboxylic acids is 2. The van der Waals surface area contributed by atoms with Crippen molar-refractivity contribution in [1.82, 2.24) is 4.90 Å². The van der Waals surface area contributed by atoms with Crippen molar-refractivity contribution >= 4 is 39.1 Å². The van der Waals surface area contributed by atoms with E-state index in [1.807, 2.05) is 62.4 Å². The predicted octanol–water partition coefficient (Wildman–Crippen LogP) is 4.44. The molecule has 2 aromatic rings. The fourth-order valence-corrected chi connectivity index (χ4v) is 4.97. The van der Waals surface area contributed by atoms with Gasteiger partial charge in [-0.15, -0.1) is 0 Å². The number of rotatable bonds is 9. The topological polar surface area (TPSA) is 55.8 Å². The highest BCUT2D eigenvalue weighted by molar-refractivity contribution is 9.09. The van der Waals surface area contributed by atoms with Crippen molar-refractivity contribution in [2.75, 3.05) is 25.1 Å². The number of allylic oxidation sites excluding steroid dienone is 2. The van der Waals surface area contributed by atoms with Crippen LogP contribution in [0.25, 0.3) is 11.3 Å². The van der Waals surface area contributed by atoms with Crippen molar-refractivity contribution in [2.45, 2.75) is 33.1 Å². The molecule has 6 heteroatoms. The number of benzene rings is 2. The zero-order chi connectivity index (χ0) is 24.8. The minimum absolute atomic E-state index is 0.302. The van der Waals surface area contributed by atoms with E-state index in [9.17, 15) is 9.59 Å². The summed E-state index contributed by atoms with van der Waals surface area (Å²) in [4.78, 5) is 27.5. The van der Waals surface area contributed by atoms with E-state index in [1.165, 1.54) is 0 Å². The van der Waals surface area contributed by atoms with Crippen molar-refractivity contribution in [3.8, 4) is 0 Å². The number of unbranched alkanes of at least 4 members (excludes halogenated alkanes) is 1. The maximum Gasteiger partial charge on any atom is 0.338 e. The van der Waals surface area contributed by atoms with E-state index < -0.39 is 0 Å². The molecule has 35 heavy (non-hydrogen) atoms. The molecule has 2 aromatic carbocycles. The Morgan fingerprint density at radius 2 is 1.69 bits per heavy atom. The highest BCUT2D eigenvalue weighted by Crippen LogP contribution is 2.34. The summed E-state index contributed by atoms with van der Waals surface area (Å²) in [5.41, 5.74) is 5.35. The van der Waals surface area contributed by atoms with Gasteiger partial charge in [-0.1, -0.05) is 58.4 Å². The number of alkyl halides is 1. The summed E-state index contributed by atoms with van der Waals surface area (Å²) >= 11 is 3.55. The lowest BCUT2D eigenvalue weighted by Gasteiger charge is -2.36. The molecule has 2 aliphatic rings. The maximum absolute atomic E-state index is 12.6. The van der Waals surface area contributed by atoms with Crippen molar-refractivity contribution in [2.24, 2.45) is 0 Å². The molecule has 0 radical (unpaired) electrons. The molecule has 0 N–H and O–H groups in total. The van der Waals surface area contributed by atoms with Crippen molar-refractivity contribution < 1.29 is 19.1 Å². The van der Waals surface area contributed by atoms with E-state index in [4.69, 9.17) is 9.47 Å². The van der Waals surface area contributed by atoms with Crippen LogP contribution in [0.15, 0.2) is 72.0 Å². The lowest BCUT2D eigenvalue weighted by Crippen LogP contribution is -2.43. The fourth-order valence-electron chi connectivity index (χ4n) is 4.57. The molecule has 5 nitrogen and oxygen atoms in total. The van der Waals surface area contributed by atoms with Crippen LogP contribution in [0.2, 0.25) is 0 Å². The van der Waals surface area contributed by atoms with Crippen molar-refractivity contribution in [3.05, 3.63) is 93.5 Å². The van der Waals surface area contributed by atoms with Gasteiger partial charge in [-0.2, -0.15) is 0 Å². The number of hydrogen-bond donors (Lipinski definition) is 0. The molecule has 1 aliphatic heterocycles. The number of ether oxygens (including phenoxy) is 2. The van der Waals surface area contributed by atoms with Crippen LogP contribution in [0.5, 0.6) is 0 Å². The number of carbonyl (C=O) groups is 2. The number of nitrogens with zero attached hydrogens (tertiary/aromatic N) is 1. The van der Waals surface area contributed by atoms with Gasteiger partial charge >= 0.3 is 11.9 Å². The standard InChI is InChI=1S/C29H30BrNO4/c1-3-34-28(32)21-12-14-23-24-15-13-22(29(33)35-4-2)19-26(24)31(17-9-8-16-30)27(25(23)18-21)20-10-6-5-7-11-20/h5-7,10-14,18-19H,3-4,8-9,15-17H2,1-2H3. The van der Waals surface area contributed by atoms with E-state index in [0.29, 0.717) is 30.8 Å². The second kappa shape index (κ2) is 11.5. The summed E-state index contributed by atoms with van der Waals surface area (Å²) in [6, 6.07) is 16.0. The monoisotopic (exact) mass is 535 g/mol. The predicted molar refractivity (Wildman–Crippen MR) is 141 cm³/mol. The van der Waals surface area contributed by atoms with Crippen LogP contribution in [0.1, 0.15) is 49.0 Å². The lowest BCUT2D eigenvalue weighted by atomic mass is 9.89. The Hall–Kier alpha value is -3.12. The second-order valence-electron chi connectivity index (χ2n) is 8.34. The number of esters is 2. The van der Waals surface area contributed by atoms with E-state index in [1.54, 1.807) is 0 Å². The number of halogens is 1. The van der Waals surface area contributed by atoms with Gasteiger partial charge in [0.25, 0.3) is 0 Å². The molecule has 0 fully saturated rings. The van der Waals surface area contributed by atoms with Crippen LogP contribution in [0.3, 0.4) is 0 Å². The summed E-state index contributed by atoms with van der Waals surface area (Å²) < 4.78 is 10.6. The van der Waals surface area contributed by atoms with Gasteiger partial charge < -0.3 is 14.4 Å². The Morgan fingerprint density at radius 1 is 0.943 bits per heavy atom. The SMILES string of the molecule is CCOC(=O)C1=CCC2=c3ccc(C(=O)OCC)cc3=C(c3ccccc3)N(CCCCBr)C2=C1. The van der Waals surface area contributed by atoms with Crippen LogP contribution >= 0.6 is 15.9 Å². The summed E-state index contributed by atoms with van der Waals surface area (Å²) in [6.45, 7) is 5.08. The zero-order valence-electron chi connectivity index (χ0n) is 20.2. The molecule has 0 bridgehead atoms. The Bertz CT molecular complexity index is 1290. The van der Waals surface area contributed by atoms with Gasteiger partial charge in [0.15, 0.2) is 0 Å². The summed E-state index contributed by atoms with van der Waals surface area (Å²) in [7, 11) is 0. The molecule has 182 valence electrons. The summed E-state index contributed by atoms with van der Waals surface area (Å²) in [6.07, 6.45) is 6.50. The van der Waals surface area contributed by atoms with Gasteiger partial charge in [0.05, 0.1) is 30.0 Å². The average Bonchev–Trinajstić information content (AvgIpc) is 2.89. The smallest absolute Gasteiger partial charge is 0.338 e. The first-order valence-electron chi connectivity index (χ1n) is 12.1. The third kappa shape index (κ3) is 5.27. The molecule has 0 unspecified atom stereocenters. The zero-order valence-corrected chi connectivity index (χ0v) is 21.8. The van der Waals surface area contributed by atoms with Gasteiger partial charge in [-0.3, -0.25) is 0 Å². The molecule has 0 saturated carbocycles. The van der Waals surface area contributed by atoms with E-state index in [-0.39, 0.29) is 11.9 Å². The molecule has 1 heterocycles. The van der Waals surface area contributed by atoms with Crippen LogP contribution in [-0.4, -0.2) is 41.9 Å². The number of fused-ring (bicyclic) bond motifs is 2. The van der Waals surface area contributed by atoms with E-state index in [2.05, 4.69) is 33.0 Å². The minimum atomic E-state index is -0.326. The maximum atomic E-state index is 12.6. The van der Waals surface area contributed by atoms with E-state index >= 15 is 0 Å². The van der Waals surface area contributed by atoms with Gasteiger partial charge in [0.2, 0.25) is 0 Å².